The van der Waals surface area contributed by atoms with E-state index in [0.29, 0.717) is 11.3 Å². The van der Waals surface area contributed by atoms with E-state index in [9.17, 15) is 9.59 Å². The Labute approximate surface area is 130 Å². The number of hydrogen-bond acceptors (Lipinski definition) is 5. The highest BCUT2D eigenvalue weighted by Gasteiger charge is 2.09. The molecule has 0 aliphatic carbocycles. The largest absolute Gasteiger partial charge is 0.379 e. The van der Waals surface area contributed by atoms with Crippen molar-refractivity contribution < 1.29 is 14.3 Å². The lowest BCUT2D eigenvalue weighted by Gasteiger charge is -2.26. The van der Waals surface area contributed by atoms with E-state index < -0.39 is 0 Å². The van der Waals surface area contributed by atoms with Crippen LogP contribution in [0.4, 0.5) is 5.69 Å². The summed E-state index contributed by atoms with van der Waals surface area (Å²) in [6, 6.07) is 6.90. The van der Waals surface area contributed by atoms with Gasteiger partial charge in [-0.1, -0.05) is 0 Å². The van der Waals surface area contributed by atoms with Gasteiger partial charge in [0, 0.05) is 37.4 Å². The molecule has 1 heterocycles. The zero-order valence-electron chi connectivity index (χ0n) is 12.9. The molecule has 1 aliphatic heterocycles. The average molecular weight is 305 g/mol. The standard InChI is InChI=1S/C16H23N3O3/c1-13(20)14-2-4-15(5-3-14)18-16(21)12-17-6-7-19-8-10-22-11-9-19/h2-5,17H,6-12H2,1H3,(H,18,21). The van der Waals surface area contributed by atoms with Crippen molar-refractivity contribution in [3.05, 3.63) is 29.8 Å². The quantitative estimate of drug-likeness (QED) is 0.574. The minimum Gasteiger partial charge on any atom is -0.379 e. The van der Waals surface area contributed by atoms with Crippen molar-refractivity contribution in [1.82, 2.24) is 10.2 Å². The summed E-state index contributed by atoms with van der Waals surface area (Å²) in [5, 5.41) is 5.93. The fourth-order valence-electron chi connectivity index (χ4n) is 2.26. The van der Waals surface area contributed by atoms with Crippen LogP contribution in [0.2, 0.25) is 0 Å². The molecule has 0 unspecified atom stereocenters. The van der Waals surface area contributed by atoms with E-state index in [1.165, 1.54) is 6.92 Å². The summed E-state index contributed by atoms with van der Waals surface area (Å²) in [7, 11) is 0. The number of hydrogen-bond donors (Lipinski definition) is 2. The molecule has 1 fully saturated rings. The average Bonchev–Trinajstić information content (AvgIpc) is 2.53. The molecule has 0 bridgehead atoms. The summed E-state index contributed by atoms with van der Waals surface area (Å²) in [4.78, 5) is 25.3. The molecule has 0 aromatic heterocycles. The summed E-state index contributed by atoms with van der Waals surface area (Å²) in [6.45, 7) is 6.98. The van der Waals surface area contributed by atoms with Gasteiger partial charge >= 0.3 is 0 Å². The number of ketones is 1. The lowest BCUT2D eigenvalue weighted by atomic mass is 10.1. The van der Waals surface area contributed by atoms with Crippen molar-refractivity contribution in [2.24, 2.45) is 0 Å². The number of amides is 1. The second-order valence-corrected chi connectivity index (χ2v) is 5.31. The molecule has 120 valence electrons. The van der Waals surface area contributed by atoms with Crippen LogP contribution < -0.4 is 10.6 Å². The van der Waals surface area contributed by atoms with Gasteiger partial charge in [0.25, 0.3) is 0 Å². The van der Waals surface area contributed by atoms with Gasteiger partial charge in [-0.2, -0.15) is 0 Å². The predicted molar refractivity (Wildman–Crippen MR) is 85.2 cm³/mol. The fraction of sp³-hybridized carbons (Fsp3) is 0.500. The van der Waals surface area contributed by atoms with E-state index in [0.717, 1.165) is 39.4 Å². The molecule has 0 spiro atoms. The summed E-state index contributed by atoms with van der Waals surface area (Å²) < 4.78 is 5.29. The van der Waals surface area contributed by atoms with Crippen molar-refractivity contribution in [2.75, 3.05) is 51.3 Å². The van der Waals surface area contributed by atoms with Crippen LogP contribution in [-0.2, 0) is 9.53 Å². The molecule has 2 rings (SSSR count). The molecular weight excluding hydrogens is 282 g/mol. The van der Waals surface area contributed by atoms with E-state index in [1.54, 1.807) is 24.3 Å². The normalized spacial score (nSPS) is 15.5. The van der Waals surface area contributed by atoms with Crippen LogP contribution in [0.5, 0.6) is 0 Å². The highest BCUT2D eigenvalue weighted by Crippen LogP contribution is 2.09. The van der Waals surface area contributed by atoms with Gasteiger partial charge in [-0.3, -0.25) is 14.5 Å². The van der Waals surface area contributed by atoms with Gasteiger partial charge in [0.1, 0.15) is 0 Å². The number of carbonyl (C=O) groups is 2. The number of Topliss-reactive ketones (excluding diaryl/α,β-unsaturated/α-hetero) is 1. The minimum absolute atomic E-state index is 0.0163. The molecule has 0 atom stereocenters. The molecule has 1 saturated heterocycles. The van der Waals surface area contributed by atoms with E-state index in [-0.39, 0.29) is 18.2 Å². The maximum atomic E-state index is 11.8. The van der Waals surface area contributed by atoms with Crippen molar-refractivity contribution in [3.8, 4) is 0 Å². The first-order valence-corrected chi connectivity index (χ1v) is 7.57. The molecule has 1 aromatic carbocycles. The van der Waals surface area contributed by atoms with Crippen LogP contribution in [0.25, 0.3) is 0 Å². The second-order valence-electron chi connectivity index (χ2n) is 5.31. The van der Waals surface area contributed by atoms with E-state index in [1.807, 2.05) is 0 Å². The molecule has 2 N–H and O–H groups in total. The zero-order valence-corrected chi connectivity index (χ0v) is 12.9. The monoisotopic (exact) mass is 305 g/mol. The van der Waals surface area contributed by atoms with Gasteiger partial charge in [-0.05, 0) is 31.2 Å². The lowest BCUT2D eigenvalue weighted by molar-refractivity contribution is -0.115. The van der Waals surface area contributed by atoms with Crippen molar-refractivity contribution in [3.63, 3.8) is 0 Å². The molecule has 1 aromatic rings. The van der Waals surface area contributed by atoms with E-state index in [4.69, 9.17) is 4.74 Å². The van der Waals surface area contributed by atoms with Crippen LogP contribution in [0.15, 0.2) is 24.3 Å². The van der Waals surface area contributed by atoms with Gasteiger partial charge in [0.05, 0.1) is 19.8 Å². The molecule has 6 nitrogen and oxygen atoms in total. The van der Waals surface area contributed by atoms with Gasteiger partial charge in [-0.15, -0.1) is 0 Å². The number of morpholine rings is 1. The predicted octanol–water partition coefficient (Wildman–Crippen LogP) is 0.750. The van der Waals surface area contributed by atoms with E-state index >= 15 is 0 Å². The molecule has 1 aliphatic rings. The Morgan fingerprint density at radius 2 is 1.86 bits per heavy atom. The first-order valence-electron chi connectivity index (χ1n) is 7.57. The van der Waals surface area contributed by atoms with Crippen LogP contribution in [0.1, 0.15) is 17.3 Å². The third-order valence-corrected chi connectivity index (χ3v) is 3.57. The Kier molecular flexibility index (Phi) is 6.51. The van der Waals surface area contributed by atoms with Gasteiger partial charge in [-0.25, -0.2) is 0 Å². The summed E-state index contributed by atoms with van der Waals surface area (Å²) in [5.74, 6) is -0.0693. The van der Waals surface area contributed by atoms with E-state index in [2.05, 4.69) is 15.5 Å². The van der Waals surface area contributed by atoms with Crippen LogP contribution in [0, 0.1) is 0 Å². The summed E-state index contributed by atoms with van der Waals surface area (Å²) >= 11 is 0. The first kappa shape index (κ1) is 16.6. The number of rotatable bonds is 7. The van der Waals surface area contributed by atoms with Crippen LogP contribution >= 0.6 is 0 Å². The van der Waals surface area contributed by atoms with Crippen molar-refractivity contribution >= 4 is 17.4 Å². The molecule has 0 saturated carbocycles. The number of anilines is 1. The Hall–Kier alpha value is -1.76. The third-order valence-electron chi connectivity index (χ3n) is 3.57. The number of benzene rings is 1. The number of carbonyl (C=O) groups excluding carboxylic acids is 2. The summed E-state index contributed by atoms with van der Waals surface area (Å²) in [6.07, 6.45) is 0. The first-order chi connectivity index (χ1) is 10.6. The van der Waals surface area contributed by atoms with Gasteiger partial charge in [0.2, 0.25) is 5.91 Å². The highest BCUT2D eigenvalue weighted by molar-refractivity contribution is 5.96. The molecule has 6 heteroatoms. The Bertz CT molecular complexity index is 496. The van der Waals surface area contributed by atoms with Gasteiger partial charge < -0.3 is 15.4 Å². The lowest BCUT2D eigenvalue weighted by Crippen LogP contribution is -2.41. The smallest absolute Gasteiger partial charge is 0.238 e. The number of nitrogens with zero attached hydrogens (tertiary/aromatic N) is 1. The molecule has 0 radical (unpaired) electrons. The molecular formula is C16H23N3O3. The highest BCUT2D eigenvalue weighted by atomic mass is 16.5. The maximum Gasteiger partial charge on any atom is 0.238 e. The SMILES string of the molecule is CC(=O)c1ccc(NC(=O)CNCCN2CCOCC2)cc1. The zero-order chi connectivity index (χ0) is 15.8. The number of nitrogens with one attached hydrogen (secondary N) is 2. The Morgan fingerprint density at radius 3 is 2.50 bits per heavy atom. The molecule has 22 heavy (non-hydrogen) atoms. The fourth-order valence-corrected chi connectivity index (χ4v) is 2.26. The third kappa shape index (κ3) is 5.55. The molecule has 1 amide bonds. The summed E-state index contributed by atoms with van der Waals surface area (Å²) in [5.41, 5.74) is 1.34. The Balaban J connectivity index is 1.63. The minimum atomic E-state index is -0.0856. The topological polar surface area (TPSA) is 70.7 Å². The Morgan fingerprint density at radius 1 is 1.18 bits per heavy atom. The maximum absolute atomic E-state index is 11.8. The number of ether oxygens (including phenoxy) is 1. The second kappa shape index (κ2) is 8.63. The van der Waals surface area contributed by atoms with Crippen molar-refractivity contribution in [1.29, 1.82) is 0 Å². The van der Waals surface area contributed by atoms with Crippen LogP contribution in [0.3, 0.4) is 0 Å². The van der Waals surface area contributed by atoms with Crippen LogP contribution in [-0.4, -0.2) is 62.5 Å². The van der Waals surface area contributed by atoms with Crippen molar-refractivity contribution in [2.45, 2.75) is 6.92 Å². The van der Waals surface area contributed by atoms with Gasteiger partial charge in [0.15, 0.2) is 5.78 Å².